The van der Waals surface area contributed by atoms with Crippen LogP contribution in [0, 0.1) is 21.4 Å². The van der Waals surface area contributed by atoms with Crippen LogP contribution < -0.4 is 10.6 Å². The van der Waals surface area contributed by atoms with Crippen molar-refractivity contribution in [3.05, 3.63) is 63.9 Å². The minimum absolute atomic E-state index is 0.0576. The Morgan fingerprint density at radius 2 is 1.76 bits per heavy atom. The van der Waals surface area contributed by atoms with Gasteiger partial charge >= 0.3 is 5.69 Å². The van der Waals surface area contributed by atoms with Gasteiger partial charge in [0, 0.05) is 17.8 Å². The lowest BCUT2D eigenvalue weighted by Crippen LogP contribution is -2.07. The van der Waals surface area contributed by atoms with E-state index in [2.05, 4.69) is 20.9 Å². The summed E-state index contributed by atoms with van der Waals surface area (Å²) < 4.78 is 9.47. The van der Waals surface area contributed by atoms with Crippen LogP contribution in [0.1, 0.15) is 17.0 Å². The summed E-state index contributed by atoms with van der Waals surface area (Å²) in [5.74, 6) is 0. The van der Waals surface area contributed by atoms with Crippen molar-refractivity contribution in [2.75, 3.05) is 10.6 Å². The van der Waals surface area contributed by atoms with E-state index in [4.69, 9.17) is 9.05 Å². The van der Waals surface area contributed by atoms with E-state index in [0.29, 0.717) is 23.6 Å². The van der Waals surface area contributed by atoms with E-state index in [1.165, 1.54) is 18.6 Å². The van der Waals surface area contributed by atoms with Crippen molar-refractivity contribution < 1.29 is 14.0 Å². The quantitative estimate of drug-likeness (QED) is 0.490. The Labute approximate surface area is 141 Å². The summed E-state index contributed by atoms with van der Waals surface area (Å²) in [5, 5.41) is 34.1. The maximum Gasteiger partial charge on any atom is 0.310 e. The fourth-order valence-corrected chi connectivity index (χ4v) is 2.19. The van der Waals surface area contributed by atoms with E-state index in [0.717, 1.165) is 0 Å². The molecule has 3 rings (SSSR count). The first-order valence-electron chi connectivity index (χ1n) is 7.16. The molecule has 0 fully saturated rings. The molecule has 126 valence electrons. The summed E-state index contributed by atoms with van der Waals surface area (Å²) in [6.45, 7) is 0.566. The zero-order chi connectivity index (χ0) is 17.6. The van der Waals surface area contributed by atoms with E-state index in [1.54, 1.807) is 18.2 Å². The number of hydrogen-bond acceptors (Lipinski definition) is 9. The van der Waals surface area contributed by atoms with Crippen LogP contribution in [0.4, 0.5) is 17.1 Å². The van der Waals surface area contributed by atoms with Crippen molar-refractivity contribution in [1.29, 1.82) is 5.26 Å². The van der Waals surface area contributed by atoms with Gasteiger partial charge in [-0.15, -0.1) is 0 Å². The molecule has 0 aliphatic rings. The van der Waals surface area contributed by atoms with Crippen LogP contribution in [0.25, 0.3) is 0 Å². The van der Waals surface area contributed by atoms with Crippen LogP contribution in [0.3, 0.4) is 0 Å². The molecule has 25 heavy (non-hydrogen) atoms. The number of nitriles is 1. The molecule has 0 amide bonds. The van der Waals surface area contributed by atoms with Crippen molar-refractivity contribution in [2.45, 2.75) is 13.1 Å². The molecule has 3 aromatic rings. The minimum atomic E-state index is -0.592. The number of benzene rings is 1. The Morgan fingerprint density at radius 3 is 2.28 bits per heavy atom. The molecular formula is C15H12N6O4. The topological polar surface area (TPSA) is 143 Å². The Hall–Kier alpha value is -3.87. The minimum Gasteiger partial charge on any atom is -0.379 e. The zero-order valence-electron chi connectivity index (χ0n) is 12.8. The molecule has 0 atom stereocenters. The Balaban J connectivity index is 1.87. The highest BCUT2D eigenvalue weighted by atomic mass is 16.6. The standard InChI is InChI=1S/C15H12N6O4/c16-7-10-5-13(17-8-11-1-3-24-19-11)6-14(15(10)21(22)23)18-9-12-2-4-25-20-12/h1-6,17-18H,8-9H2. The highest BCUT2D eigenvalue weighted by Gasteiger charge is 2.21. The van der Waals surface area contributed by atoms with Gasteiger partial charge in [-0.3, -0.25) is 10.1 Å². The number of nitro groups is 1. The molecule has 10 heteroatoms. The Kier molecular flexibility index (Phi) is 4.57. The lowest BCUT2D eigenvalue weighted by Gasteiger charge is -2.11. The third-order valence-electron chi connectivity index (χ3n) is 3.33. The molecule has 0 saturated carbocycles. The molecule has 2 heterocycles. The van der Waals surface area contributed by atoms with Crippen LogP contribution in [0.5, 0.6) is 0 Å². The molecule has 0 radical (unpaired) electrons. The van der Waals surface area contributed by atoms with Crippen molar-refractivity contribution in [3.63, 3.8) is 0 Å². The summed E-state index contributed by atoms with van der Waals surface area (Å²) >= 11 is 0. The van der Waals surface area contributed by atoms with Crippen LogP contribution in [-0.4, -0.2) is 15.2 Å². The molecule has 0 aliphatic carbocycles. The number of anilines is 2. The van der Waals surface area contributed by atoms with Crippen LogP contribution in [0.15, 0.2) is 45.8 Å². The van der Waals surface area contributed by atoms with Gasteiger partial charge in [-0.05, 0) is 12.1 Å². The van der Waals surface area contributed by atoms with Crippen molar-refractivity contribution in [3.8, 4) is 6.07 Å². The maximum absolute atomic E-state index is 11.4. The van der Waals surface area contributed by atoms with Crippen molar-refractivity contribution in [2.24, 2.45) is 0 Å². The third-order valence-corrected chi connectivity index (χ3v) is 3.33. The van der Waals surface area contributed by atoms with Crippen LogP contribution in [-0.2, 0) is 13.1 Å². The molecule has 0 unspecified atom stereocenters. The monoisotopic (exact) mass is 340 g/mol. The van der Waals surface area contributed by atoms with E-state index in [1.807, 2.05) is 6.07 Å². The van der Waals surface area contributed by atoms with E-state index in [-0.39, 0.29) is 23.5 Å². The van der Waals surface area contributed by atoms with E-state index < -0.39 is 4.92 Å². The summed E-state index contributed by atoms with van der Waals surface area (Å²) in [6, 6.07) is 8.15. The number of nitro benzene ring substituents is 1. The molecule has 0 saturated heterocycles. The van der Waals surface area contributed by atoms with Gasteiger partial charge in [0.05, 0.1) is 18.0 Å². The average molecular weight is 340 g/mol. The van der Waals surface area contributed by atoms with Gasteiger partial charge < -0.3 is 19.7 Å². The summed E-state index contributed by atoms with van der Waals surface area (Å²) in [5.41, 5.74) is 1.63. The molecule has 0 bridgehead atoms. The summed E-state index contributed by atoms with van der Waals surface area (Å²) in [6.07, 6.45) is 2.85. The number of nitrogens with zero attached hydrogens (tertiary/aromatic N) is 4. The smallest absolute Gasteiger partial charge is 0.310 e. The largest absolute Gasteiger partial charge is 0.379 e. The van der Waals surface area contributed by atoms with Crippen LogP contribution >= 0.6 is 0 Å². The van der Waals surface area contributed by atoms with Gasteiger partial charge in [-0.2, -0.15) is 5.26 Å². The van der Waals surface area contributed by atoms with Gasteiger partial charge in [-0.25, -0.2) is 0 Å². The van der Waals surface area contributed by atoms with Gasteiger partial charge in [0.25, 0.3) is 0 Å². The first kappa shape index (κ1) is 16.0. The van der Waals surface area contributed by atoms with Gasteiger partial charge in [0.1, 0.15) is 41.2 Å². The van der Waals surface area contributed by atoms with Gasteiger partial charge in [0.15, 0.2) is 0 Å². The van der Waals surface area contributed by atoms with Crippen molar-refractivity contribution in [1.82, 2.24) is 10.3 Å². The number of rotatable bonds is 7. The lowest BCUT2D eigenvalue weighted by atomic mass is 10.1. The number of hydrogen-bond donors (Lipinski definition) is 2. The molecule has 2 N–H and O–H groups in total. The normalized spacial score (nSPS) is 10.2. The summed E-state index contributed by atoms with van der Waals surface area (Å²) in [4.78, 5) is 10.8. The first-order valence-corrected chi connectivity index (χ1v) is 7.16. The second-order valence-electron chi connectivity index (χ2n) is 4.98. The van der Waals surface area contributed by atoms with Crippen LogP contribution in [0.2, 0.25) is 0 Å². The Bertz CT molecular complexity index is 899. The molecule has 0 spiro atoms. The Morgan fingerprint density at radius 1 is 1.12 bits per heavy atom. The number of nitrogens with one attached hydrogen (secondary N) is 2. The fourth-order valence-electron chi connectivity index (χ4n) is 2.19. The maximum atomic E-state index is 11.4. The average Bonchev–Trinajstić information content (AvgIpc) is 3.30. The SMILES string of the molecule is N#Cc1cc(NCc2ccon2)cc(NCc2ccon2)c1[N+](=O)[O-]. The molecule has 1 aromatic carbocycles. The second-order valence-corrected chi connectivity index (χ2v) is 4.98. The molecule has 0 aliphatic heterocycles. The van der Waals surface area contributed by atoms with Crippen molar-refractivity contribution >= 4 is 17.1 Å². The third kappa shape index (κ3) is 3.73. The van der Waals surface area contributed by atoms with E-state index in [9.17, 15) is 15.4 Å². The fraction of sp³-hybridized carbons (Fsp3) is 0.133. The summed E-state index contributed by atoms with van der Waals surface area (Å²) in [7, 11) is 0. The molecule has 10 nitrogen and oxygen atoms in total. The predicted molar refractivity (Wildman–Crippen MR) is 85.5 cm³/mol. The molecular weight excluding hydrogens is 328 g/mol. The number of aromatic nitrogens is 2. The van der Waals surface area contributed by atoms with Gasteiger partial charge in [0.2, 0.25) is 0 Å². The second kappa shape index (κ2) is 7.14. The zero-order valence-corrected chi connectivity index (χ0v) is 12.8. The van der Waals surface area contributed by atoms with Gasteiger partial charge in [-0.1, -0.05) is 10.3 Å². The first-order chi connectivity index (χ1) is 12.2. The lowest BCUT2D eigenvalue weighted by molar-refractivity contribution is -0.384. The highest BCUT2D eigenvalue weighted by molar-refractivity contribution is 5.74. The predicted octanol–water partition coefficient (Wildman–Crippen LogP) is 2.67. The molecule has 2 aromatic heterocycles. The highest BCUT2D eigenvalue weighted by Crippen LogP contribution is 2.32. The van der Waals surface area contributed by atoms with E-state index >= 15 is 0 Å².